The predicted molar refractivity (Wildman–Crippen MR) is 39.6 cm³/mol. The summed E-state index contributed by atoms with van der Waals surface area (Å²) in [5, 5.41) is 0. The smallest absolute Gasteiger partial charge is 0.300 e. The molecule has 0 amide bonds. The summed E-state index contributed by atoms with van der Waals surface area (Å²) >= 11 is 5.27. The molecule has 4 heteroatoms. The largest absolute Gasteiger partial charge is 0.465 e. The van der Waals surface area contributed by atoms with Gasteiger partial charge in [-0.1, -0.05) is 6.92 Å². The van der Waals surface area contributed by atoms with Crippen LogP contribution in [0.1, 0.15) is 6.92 Å². The van der Waals surface area contributed by atoms with Crippen LogP contribution in [0.5, 0.6) is 0 Å². The molecule has 0 unspecified atom stereocenters. The predicted octanol–water partition coefficient (Wildman–Crippen LogP) is 0.210. The maximum Gasteiger partial charge on any atom is 0.300 e. The van der Waals surface area contributed by atoms with Gasteiger partial charge < -0.3 is 4.74 Å². The van der Waals surface area contributed by atoms with Gasteiger partial charge in [-0.3, -0.25) is 4.79 Å². The van der Waals surface area contributed by atoms with Crippen LogP contribution < -0.4 is 0 Å². The highest BCUT2D eigenvalue weighted by molar-refractivity contribution is 6.22. The fraction of sp³-hybridized carbons (Fsp3) is 0.800. The molecular weight excluding hydrogens is 138 g/mol. The number of carbonyl (C=O) groups is 1. The Balaban J connectivity index is 3.28. The van der Waals surface area contributed by atoms with E-state index in [0.717, 1.165) is 0 Å². The molecule has 0 aromatic carbocycles. The first kappa shape index (κ1) is 8.82. The van der Waals surface area contributed by atoms with Gasteiger partial charge in [-0.25, -0.2) is 0 Å². The molecule has 0 heterocycles. The van der Waals surface area contributed by atoms with Crippen LogP contribution in [0, 0.1) is 0 Å². The summed E-state index contributed by atoms with van der Waals surface area (Å²) in [5.74, 6) is 0.141. The Labute approximate surface area is 60.9 Å². The zero-order chi connectivity index (χ0) is 7.28. The minimum absolute atomic E-state index is 0.0479. The van der Waals surface area contributed by atoms with Gasteiger partial charge in [0.25, 0.3) is 0 Å². The van der Waals surface area contributed by atoms with Crippen LogP contribution in [0.3, 0.4) is 0 Å². The third-order valence-electron chi connectivity index (χ3n) is 0.793. The highest BCUT2D eigenvalue weighted by Gasteiger charge is 2.06. The number of ether oxygens (including phenoxy) is 1. The SMILES string of the molecule is B[C@@H](C)C(=O)OCCCl. The summed E-state index contributed by atoms with van der Waals surface area (Å²) < 4.78 is 4.68. The first-order valence-corrected chi connectivity index (χ1v) is 3.44. The van der Waals surface area contributed by atoms with Crippen LogP contribution in [0.4, 0.5) is 0 Å². The van der Waals surface area contributed by atoms with Crippen LogP contribution in [-0.2, 0) is 9.53 Å². The van der Waals surface area contributed by atoms with Crippen molar-refractivity contribution in [1.29, 1.82) is 0 Å². The third kappa shape index (κ3) is 4.34. The third-order valence-corrected chi connectivity index (χ3v) is 0.947. The number of rotatable bonds is 3. The van der Waals surface area contributed by atoms with Crippen LogP contribution in [-0.4, -0.2) is 26.3 Å². The van der Waals surface area contributed by atoms with Crippen LogP contribution >= 0.6 is 11.6 Å². The normalized spacial score (nSPS) is 12.7. The molecule has 52 valence electrons. The zero-order valence-electron chi connectivity index (χ0n) is 5.69. The van der Waals surface area contributed by atoms with Crippen molar-refractivity contribution in [2.24, 2.45) is 0 Å². The summed E-state index contributed by atoms with van der Waals surface area (Å²) in [6, 6.07) is 0. The van der Waals surface area contributed by atoms with Crippen molar-refractivity contribution < 1.29 is 9.53 Å². The van der Waals surface area contributed by atoms with Crippen molar-refractivity contribution in [2.75, 3.05) is 12.5 Å². The minimum atomic E-state index is -0.185. The monoisotopic (exact) mass is 148 g/mol. The van der Waals surface area contributed by atoms with Gasteiger partial charge in [-0.15, -0.1) is 11.6 Å². The Bertz CT molecular complexity index is 95.0. The van der Waals surface area contributed by atoms with Crippen LogP contribution in [0.25, 0.3) is 0 Å². The van der Waals surface area contributed by atoms with Crippen LogP contribution in [0.2, 0.25) is 5.82 Å². The molecule has 0 N–H and O–H groups in total. The summed E-state index contributed by atoms with van der Waals surface area (Å²) in [7, 11) is 1.79. The first-order chi connectivity index (χ1) is 4.18. The molecule has 0 aliphatic carbocycles. The van der Waals surface area contributed by atoms with E-state index in [1.165, 1.54) is 0 Å². The van der Waals surface area contributed by atoms with E-state index in [2.05, 4.69) is 4.74 Å². The summed E-state index contributed by atoms with van der Waals surface area (Å²) in [6.07, 6.45) is 0. The maximum atomic E-state index is 10.6. The van der Waals surface area contributed by atoms with Crippen LogP contribution in [0.15, 0.2) is 0 Å². The number of alkyl halides is 1. The van der Waals surface area contributed by atoms with Gasteiger partial charge >= 0.3 is 5.97 Å². The average Bonchev–Trinajstić information content (AvgIpc) is 1.82. The standard InChI is InChI=1S/C5H10BClO2/c1-4(6)5(8)9-3-2-7/h4H,2-3,6H2,1H3/t4-/m0/s1. The molecule has 0 rings (SSSR count). The minimum Gasteiger partial charge on any atom is -0.465 e. The molecule has 0 aliphatic rings. The van der Waals surface area contributed by atoms with Gasteiger partial charge in [0.15, 0.2) is 0 Å². The maximum absolute atomic E-state index is 10.6. The number of carbonyl (C=O) groups excluding carboxylic acids is 1. The van der Waals surface area contributed by atoms with E-state index < -0.39 is 0 Å². The Kier molecular flexibility index (Phi) is 4.59. The fourth-order valence-electron chi connectivity index (χ4n) is 0.306. The molecule has 0 aromatic rings. The molecule has 0 bridgehead atoms. The van der Waals surface area contributed by atoms with E-state index in [4.69, 9.17) is 11.6 Å². The molecule has 0 saturated carbocycles. The van der Waals surface area contributed by atoms with E-state index in [1.807, 2.05) is 0 Å². The lowest BCUT2D eigenvalue weighted by Crippen LogP contribution is -2.11. The molecule has 0 radical (unpaired) electrons. The Hall–Kier alpha value is -0.175. The highest BCUT2D eigenvalue weighted by Crippen LogP contribution is 1.98. The second-order valence-electron chi connectivity index (χ2n) is 2.01. The van der Waals surface area contributed by atoms with Crippen molar-refractivity contribution in [3.05, 3.63) is 0 Å². The molecule has 0 aliphatic heterocycles. The molecular formula is C5H10BClO2. The summed E-state index contributed by atoms with van der Waals surface area (Å²) in [5.41, 5.74) is 0. The second-order valence-corrected chi connectivity index (χ2v) is 2.39. The number of hydrogen-bond acceptors (Lipinski definition) is 2. The van der Waals surface area contributed by atoms with Gasteiger partial charge in [-0.2, -0.15) is 0 Å². The lowest BCUT2D eigenvalue weighted by molar-refractivity contribution is -0.142. The molecule has 0 spiro atoms. The van der Waals surface area contributed by atoms with Gasteiger partial charge in [0.1, 0.15) is 14.5 Å². The quantitative estimate of drug-likeness (QED) is 0.325. The van der Waals surface area contributed by atoms with E-state index >= 15 is 0 Å². The van der Waals surface area contributed by atoms with Crippen molar-refractivity contribution in [3.8, 4) is 0 Å². The van der Waals surface area contributed by atoms with Crippen molar-refractivity contribution in [1.82, 2.24) is 0 Å². The average molecular weight is 148 g/mol. The molecule has 1 atom stereocenters. The summed E-state index contributed by atoms with van der Waals surface area (Å²) in [6.45, 7) is 2.11. The number of hydrogen-bond donors (Lipinski definition) is 0. The molecule has 0 aromatic heterocycles. The molecule has 0 saturated heterocycles. The van der Waals surface area contributed by atoms with Gasteiger partial charge in [0.05, 0.1) is 5.88 Å². The topological polar surface area (TPSA) is 26.3 Å². The molecule has 0 fully saturated rings. The van der Waals surface area contributed by atoms with Gasteiger partial charge in [-0.05, 0) is 0 Å². The summed E-state index contributed by atoms with van der Waals surface area (Å²) in [4.78, 5) is 10.6. The Morgan fingerprint density at radius 3 is 2.78 bits per heavy atom. The number of esters is 1. The lowest BCUT2D eigenvalue weighted by atomic mass is 9.90. The zero-order valence-corrected chi connectivity index (χ0v) is 6.44. The van der Waals surface area contributed by atoms with Crippen molar-refractivity contribution in [2.45, 2.75) is 12.7 Å². The van der Waals surface area contributed by atoms with Crippen molar-refractivity contribution in [3.63, 3.8) is 0 Å². The molecule has 2 nitrogen and oxygen atoms in total. The number of halogens is 1. The Morgan fingerprint density at radius 1 is 1.89 bits per heavy atom. The van der Waals surface area contributed by atoms with E-state index in [9.17, 15) is 4.79 Å². The van der Waals surface area contributed by atoms with Gasteiger partial charge in [0, 0.05) is 5.82 Å². The van der Waals surface area contributed by atoms with Crippen molar-refractivity contribution >= 4 is 25.4 Å². The molecule has 9 heavy (non-hydrogen) atoms. The second kappa shape index (κ2) is 4.68. The highest BCUT2D eigenvalue weighted by atomic mass is 35.5. The Morgan fingerprint density at radius 2 is 2.44 bits per heavy atom. The van der Waals surface area contributed by atoms with E-state index in [0.29, 0.717) is 12.5 Å². The van der Waals surface area contributed by atoms with Gasteiger partial charge in [0.2, 0.25) is 0 Å². The first-order valence-electron chi connectivity index (χ1n) is 2.91. The van der Waals surface area contributed by atoms with E-state index in [1.54, 1.807) is 14.8 Å². The fourth-order valence-corrected chi connectivity index (χ4v) is 0.383. The van der Waals surface area contributed by atoms with E-state index in [-0.39, 0.29) is 11.8 Å². The lowest BCUT2D eigenvalue weighted by Gasteiger charge is -2.03.